The summed E-state index contributed by atoms with van der Waals surface area (Å²) in [6.07, 6.45) is 5.12. The average Bonchev–Trinajstić information content (AvgIpc) is 2.74. The number of benzene rings is 1. The van der Waals surface area contributed by atoms with E-state index < -0.39 is 0 Å². The molecular formula is C22H27N5OS. The Labute approximate surface area is 175 Å². The van der Waals surface area contributed by atoms with Gasteiger partial charge < -0.3 is 10.6 Å². The minimum absolute atomic E-state index is 0.116. The summed E-state index contributed by atoms with van der Waals surface area (Å²) in [6.45, 7) is 6.37. The van der Waals surface area contributed by atoms with Gasteiger partial charge in [0.2, 0.25) is 5.95 Å². The molecule has 3 heterocycles. The highest BCUT2D eigenvalue weighted by molar-refractivity contribution is 7.99. The quantitative estimate of drug-likeness (QED) is 0.700. The topological polar surface area (TPSA) is 77.0 Å². The number of piperidine rings is 1. The zero-order chi connectivity index (χ0) is 20.6. The average molecular weight is 410 g/mol. The van der Waals surface area contributed by atoms with Crippen molar-refractivity contribution in [3.05, 3.63) is 46.9 Å². The third kappa shape index (κ3) is 3.71. The number of rotatable bonds is 4. The predicted molar refractivity (Wildman–Crippen MR) is 120 cm³/mol. The molecule has 29 heavy (non-hydrogen) atoms. The number of nitrogens with zero attached hydrogens (tertiary/aromatic N) is 4. The van der Waals surface area contributed by atoms with Crippen LogP contribution in [-0.2, 0) is 7.05 Å². The Morgan fingerprint density at radius 1 is 1.21 bits per heavy atom. The zero-order valence-electron chi connectivity index (χ0n) is 17.2. The molecule has 0 radical (unpaired) electrons. The summed E-state index contributed by atoms with van der Waals surface area (Å²) in [5.74, 6) is 0.941. The van der Waals surface area contributed by atoms with Crippen molar-refractivity contribution >= 4 is 34.4 Å². The first-order chi connectivity index (χ1) is 13.9. The lowest BCUT2D eigenvalue weighted by Gasteiger charge is -2.39. The van der Waals surface area contributed by atoms with Gasteiger partial charge in [0.1, 0.15) is 10.7 Å². The van der Waals surface area contributed by atoms with E-state index >= 15 is 0 Å². The number of fused-ring (bicyclic) bond motifs is 1. The fourth-order valence-corrected chi connectivity index (χ4v) is 4.84. The maximum atomic E-state index is 13.2. The van der Waals surface area contributed by atoms with E-state index in [0.717, 1.165) is 41.7 Å². The Hall–Kier alpha value is -2.54. The van der Waals surface area contributed by atoms with E-state index in [1.807, 2.05) is 30.3 Å². The van der Waals surface area contributed by atoms with Gasteiger partial charge in [-0.25, -0.2) is 0 Å². The van der Waals surface area contributed by atoms with Crippen molar-refractivity contribution in [1.82, 2.24) is 14.5 Å². The highest BCUT2D eigenvalue weighted by Gasteiger charge is 2.30. The summed E-state index contributed by atoms with van der Waals surface area (Å²) >= 11 is 1.34. The maximum Gasteiger partial charge on any atom is 0.270 e. The minimum atomic E-state index is -0.116. The van der Waals surface area contributed by atoms with Crippen LogP contribution in [0.3, 0.4) is 0 Å². The molecule has 0 saturated carbocycles. The SMILES string of the molecule is CCC1(C)CCN(c2nc(N)c(Sc3cccc4cccnc34)c(=O)n2C)CC1. The van der Waals surface area contributed by atoms with Crippen molar-refractivity contribution in [3.63, 3.8) is 0 Å². The molecule has 6 nitrogen and oxygen atoms in total. The highest BCUT2D eigenvalue weighted by atomic mass is 32.2. The van der Waals surface area contributed by atoms with Crippen LogP contribution in [0, 0.1) is 5.41 Å². The van der Waals surface area contributed by atoms with Gasteiger partial charge in [-0.2, -0.15) is 4.98 Å². The van der Waals surface area contributed by atoms with Gasteiger partial charge in [-0.1, -0.05) is 50.2 Å². The summed E-state index contributed by atoms with van der Waals surface area (Å²) < 4.78 is 1.63. The summed E-state index contributed by atoms with van der Waals surface area (Å²) in [4.78, 5) is 25.8. The Balaban J connectivity index is 1.67. The second kappa shape index (κ2) is 7.71. The number of hydrogen-bond acceptors (Lipinski definition) is 6. The number of nitrogen functional groups attached to an aromatic ring is 1. The molecule has 1 saturated heterocycles. The summed E-state index contributed by atoms with van der Waals surface area (Å²) in [5, 5.41) is 1.03. The second-order valence-electron chi connectivity index (χ2n) is 8.07. The first-order valence-electron chi connectivity index (χ1n) is 10.0. The first-order valence-corrected chi connectivity index (χ1v) is 10.9. The van der Waals surface area contributed by atoms with Crippen molar-refractivity contribution in [1.29, 1.82) is 0 Å². The molecule has 0 amide bonds. The van der Waals surface area contributed by atoms with Crippen LogP contribution in [0.25, 0.3) is 10.9 Å². The third-order valence-corrected chi connectivity index (χ3v) is 7.30. The van der Waals surface area contributed by atoms with Gasteiger partial charge in [0.05, 0.1) is 5.52 Å². The number of pyridine rings is 1. The summed E-state index contributed by atoms with van der Waals surface area (Å²) in [5.41, 5.74) is 7.39. The standard InChI is InChI=1S/C22H27N5OS/c1-4-22(2)10-13-27(14-11-22)21-25-19(23)18(20(28)26(21)3)29-16-9-5-7-15-8-6-12-24-17(15)16/h5-9,12H,4,10-11,13-14,23H2,1-3H3. The Bertz CT molecular complexity index is 1100. The summed E-state index contributed by atoms with van der Waals surface area (Å²) in [6, 6.07) is 9.85. The zero-order valence-corrected chi connectivity index (χ0v) is 18.0. The predicted octanol–water partition coefficient (Wildman–Crippen LogP) is 4.08. The molecule has 0 bridgehead atoms. The van der Waals surface area contributed by atoms with Gasteiger partial charge in [0.15, 0.2) is 0 Å². The number of nitrogens with two attached hydrogens (primary N) is 1. The summed E-state index contributed by atoms with van der Waals surface area (Å²) in [7, 11) is 1.78. The molecule has 0 aliphatic carbocycles. The third-order valence-electron chi connectivity index (χ3n) is 6.17. The fourth-order valence-electron chi connectivity index (χ4n) is 3.83. The van der Waals surface area contributed by atoms with Gasteiger partial charge in [0.25, 0.3) is 5.56 Å². The normalized spacial score (nSPS) is 16.3. The van der Waals surface area contributed by atoms with Crippen LogP contribution >= 0.6 is 11.8 Å². The van der Waals surface area contributed by atoms with Crippen molar-refractivity contribution in [2.24, 2.45) is 12.5 Å². The van der Waals surface area contributed by atoms with Crippen molar-refractivity contribution < 1.29 is 0 Å². The van der Waals surface area contributed by atoms with E-state index in [1.165, 1.54) is 18.2 Å². The molecule has 2 aromatic heterocycles. The lowest BCUT2D eigenvalue weighted by Crippen LogP contribution is -2.41. The lowest BCUT2D eigenvalue weighted by atomic mass is 9.78. The van der Waals surface area contributed by atoms with Crippen LogP contribution in [0.4, 0.5) is 11.8 Å². The molecule has 1 aliphatic rings. The molecule has 3 aromatic rings. The molecule has 1 aliphatic heterocycles. The molecule has 7 heteroatoms. The van der Waals surface area contributed by atoms with Crippen molar-refractivity contribution in [2.75, 3.05) is 23.7 Å². The number of aromatic nitrogens is 3. The smallest absolute Gasteiger partial charge is 0.270 e. The van der Waals surface area contributed by atoms with E-state index in [4.69, 9.17) is 5.73 Å². The van der Waals surface area contributed by atoms with Crippen LogP contribution in [-0.4, -0.2) is 27.6 Å². The molecular weight excluding hydrogens is 382 g/mol. The van der Waals surface area contributed by atoms with Crippen LogP contribution in [0.2, 0.25) is 0 Å². The molecule has 2 N–H and O–H groups in total. The van der Waals surface area contributed by atoms with E-state index in [2.05, 4.69) is 28.7 Å². The monoisotopic (exact) mass is 409 g/mol. The first kappa shape index (κ1) is 19.8. The molecule has 1 aromatic carbocycles. The van der Waals surface area contributed by atoms with E-state index in [1.54, 1.807) is 17.8 Å². The van der Waals surface area contributed by atoms with Gasteiger partial charge in [-0.3, -0.25) is 14.3 Å². The second-order valence-corrected chi connectivity index (χ2v) is 9.13. The number of hydrogen-bond donors (Lipinski definition) is 1. The van der Waals surface area contributed by atoms with Crippen molar-refractivity contribution in [3.8, 4) is 0 Å². The molecule has 4 rings (SSSR count). The molecule has 0 spiro atoms. The Morgan fingerprint density at radius 2 is 1.93 bits per heavy atom. The van der Waals surface area contributed by atoms with Crippen LogP contribution in [0.1, 0.15) is 33.1 Å². The maximum absolute atomic E-state index is 13.2. The Morgan fingerprint density at radius 3 is 2.66 bits per heavy atom. The fraction of sp³-hybridized carbons (Fsp3) is 0.409. The molecule has 1 fully saturated rings. The van der Waals surface area contributed by atoms with E-state index in [-0.39, 0.29) is 11.4 Å². The van der Waals surface area contributed by atoms with E-state index in [9.17, 15) is 4.79 Å². The number of anilines is 2. The molecule has 152 valence electrons. The minimum Gasteiger partial charge on any atom is -0.382 e. The van der Waals surface area contributed by atoms with Crippen molar-refractivity contribution in [2.45, 2.75) is 42.9 Å². The largest absolute Gasteiger partial charge is 0.382 e. The van der Waals surface area contributed by atoms with Gasteiger partial charge in [-0.05, 0) is 30.4 Å². The molecule has 0 unspecified atom stereocenters. The van der Waals surface area contributed by atoms with Crippen LogP contribution < -0.4 is 16.2 Å². The van der Waals surface area contributed by atoms with E-state index in [0.29, 0.717) is 16.3 Å². The van der Waals surface area contributed by atoms with Gasteiger partial charge >= 0.3 is 0 Å². The van der Waals surface area contributed by atoms with Crippen LogP contribution in [0.15, 0.2) is 51.1 Å². The van der Waals surface area contributed by atoms with Crippen LogP contribution in [0.5, 0.6) is 0 Å². The van der Waals surface area contributed by atoms with Gasteiger partial charge in [0, 0.05) is 36.6 Å². The lowest BCUT2D eigenvalue weighted by molar-refractivity contribution is 0.236. The molecule has 0 atom stereocenters. The highest BCUT2D eigenvalue weighted by Crippen LogP contribution is 2.36. The Kier molecular flexibility index (Phi) is 5.25. The number of para-hydroxylation sites is 1. The van der Waals surface area contributed by atoms with Gasteiger partial charge in [-0.15, -0.1) is 0 Å².